The number of allylic oxidation sites excluding steroid dienone is 1. The summed E-state index contributed by atoms with van der Waals surface area (Å²) >= 11 is 0. The summed E-state index contributed by atoms with van der Waals surface area (Å²) in [6, 6.07) is 9.97. The maximum absolute atomic E-state index is 11.9. The van der Waals surface area contributed by atoms with Crippen LogP contribution >= 0.6 is 0 Å². The van der Waals surface area contributed by atoms with Crippen LogP contribution in [0.2, 0.25) is 0 Å². The molecule has 0 amide bonds. The number of ether oxygens (including phenoxy) is 2. The van der Waals surface area contributed by atoms with E-state index in [1.54, 1.807) is 13.8 Å². The van der Waals surface area contributed by atoms with Gasteiger partial charge in [0, 0.05) is 0 Å². The van der Waals surface area contributed by atoms with Crippen LogP contribution in [-0.4, -0.2) is 25.2 Å². The molecule has 0 radical (unpaired) electrons. The fourth-order valence-electron chi connectivity index (χ4n) is 2.14. The molecule has 0 spiro atoms. The van der Waals surface area contributed by atoms with Gasteiger partial charge in [0.2, 0.25) is 0 Å². The zero-order valence-electron chi connectivity index (χ0n) is 13.3. The second kappa shape index (κ2) is 9.77. The van der Waals surface area contributed by atoms with Gasteiger partial charge in [-0.05, 0) is 38.7 Å². The van der Waals surface area contributed by atoms with Crippen molar-refractivity contribution in [3.05, 3.63) is 48.0 Å². The lowest BCUT2D eigenvalue weighted by Gasteiger charge is -2.15. The Balaban J connectivity index is 2.56. The quantitative estimate of drug-likeness (QED) is 0.399. The Morgan fingerprint density at radius 2 is 1.59 bits per heavy atom. The molecule has 1 aromatic rings. The molecule has 22 heavy (non-hydrogen) atoms. The van der Waals surface area contributed by atoms with Gasteiger partial charge in [-0.3, -0.25) is 9.59 Å². The number of benzene rings is 1. The average molecular weight is 304 g/mol. The molecular weight excluding hydrogens is 280 g/mol. The Bertz CT molecular complexity index is 475. The molecule has 1 aromatic carbocycles. The molecule has 0 N–H and O–H groups in total. The third-order valence-corrected chi connectivity index (χ3v) is 3.23. The Morgan fingerprint density at radius 3 is 2.09 bits per heavy atom. The summed E-state index contributed by atoms with van der Waals surface area (Å²) in [7, 11) is 0. The minimum Gasteiger partial charge on any atom is -0.465 e. The molecule has 0 aliphatic carbocycles. The van der Waals surface area contributed by atoms with Crippen LogP contribution in [0.3, 0.4) is 0 Å². The van der Waals surface area contributed by atoms with Crippen molar-refractivity contribution in [2.45, 2.75) is 33.1 Å². The van der Waals surface area contributed by atoms with Gasteiger partial charge in [-0.15, -0.1) is 0 Å². The first-order valence-electron chi connectivity index (χ1n) is 7.62. The van der Waals surface area contributed by atoms with E-state index in [-0.39, 0.29) is 13.2 Å². The number of carbonyl (C=O) groups excluding carboxylic acids is 2. The lowest BCUT2D eigenvalue weighted by molar-refractivity contribution is -0.161. The van der Waals surface area contributed by atoms with Crippen molar-refractivity contribution in [1.82, 2.24) is 0 Å². The largest absolute Gasteiger partial charge is 0.465 e. The summed E-state index contributed by atoms with van der Waals surface area (Å²) in [4.78, 5) is 23.8. The van der Waals surface area contributed by atoms with Crippen molar-refractivity contribution < 1.29 is 19.1 Å². The highest BCUT2D eigenvalue weighted by molar-refractivity contribution is 5.94. The van der Waals surface area contributed by atoms with Crippen molar-refractivity contribution >= 4 is 11.9 Å². The van der Waals surface area contributed by atoms with E-state index in [4.69, 9.17) is 9.47 Å². The maximum atomic E-state index is 11.9. The first-order valence-corrected chi connectivity index (χ1v) is 7.62. The van der Waals surface area contributed by atoms with E-state index < -0.39 is 17.9 Å². The maximum Gasteiger partial charge on any atom is 0.320 e. The van der Waals surface area contributed by atoms with Crippen molar-refractivity contribution in [2.75, 3.05) is 13.2 Å². The van der Waals surface area contributed by atoms with Crippen LogP contribution < -0.4 is 0 Å². The van der Waals surface area contributed by atoms with Gasteiger partial charge < -0.3 is 9.47 Å². The highest BCUT2D eigenvalue weighted by atomic mass is 16.6. The van der Waals surface area contributed by atoms with Gasteiger partial charge in [-0.1, -0.05) is 42.5 Å². The molecule has 4 nitrogen and oxygen atoms in total. The summed E-state index contributed by atoms with van der Waals surface area (Å²) < 4.78 is 9.91. The zero-order chi connectivity index (χ0) is 16.4. The van der Waals surface area contributed by atoms with Gasteiger partial charge in [0.25, 0.3) is 0 Å². The molecule has 0 bridgehead atoms. The lowest BCUT2D eigenvalue weighted by Crippen LogP contribution is -2.28. The van der Waals surface area contributed by atoms with E-state index in [2.05, 4.69) is 6.58 Å². The van der Waals surface area contributed by atoms with Gasteiger partial charge in [-0.25, -0.2) is 0 Å². The number of hydrogen-bond acceptors (Lipinski definition) is 4. The highest BCUT2D eigenvalue weighted by Gasteiger charge is 2.29. The minimum absolute atomic E-state index is 0.250. The Hall–Kier alpha value is -2.10. The highest BCUT2D eigenvalue weighted by Crippen LogP contribution is 2.18. The lowest BCUT2D eigenvalue weighted by atomic mass is 9.96. The third kappa shape index (κ3) is 6.12. The molecule has 0 aliphatic heterocycles. The van der Waals surface area contributed by atoms with Crippen molar-refractivity contribution in [2.24, 2.45) is 5.92 Å². The molecule has 0 atom stereocenters. The van der Waals surface area contributed by atoms with Crippen LogP contribution in [0.5, 0.6) is 0 Å². The summed E-state index contributed by atoms with van der Waals surface area (Å²) in [5.74, 6) is -1.91. The molecule has 0 aliphatic rings. The third-order valence-electron chi connectivity index (χ3n) is 3.23. The van der Waals surface area contributed by atoms with Crippen molar-refractivity contribution in [3.63, 3.8) is 0 Å². The van der Waals surface area contributed by atoms with E-state index in [1.165, 1.54) is 0 Å². The number of carbonyl (C=O) groups is 2. The van der Waals surface area contributed by atoms with Crippen LogP contribution in [0.1, 0.15) is 32.3 Å². The van der Waals surface area contributed by atoms with Gasteiger partial charge in [0.1, 0.15) is 0 Å². The molecule has 0 saturated carbocycles. The predicted octanol–water partition coefficient (Wildman–Crippen LogP) is 3.31. The fourth-order valence-corrected chi connectivity index (χ4v) is 2.14. The Morgan fingerprint density at radius 1 is 1.05 bits per heavy atom. The van der Waals surface area contributed by atoms with Gasteiger partial charge in [0.05, 0.1) is 13.2 Å². The predicted molar refractivity (Wildman–Crippen MR) is 85.3 cm³/mol. The number of hydrogen-bond donors (Lipinski definition) is 0. The van der Waals surface area contributed by atoms with Crippen molar-refractivity contribution in [3.8, 4) is 0 Å². The summed E-state index contributed by atoms with van der Waals surface area (Å²) in [6.07, 6.45) is 1.68. The molecule has 0 heterocycles. The van der Waals surface area contributed by atoms with Crippen molar-refractivity contribution in [1.29, 1.82) is 0 Å². The van der Waals surface area contributed by atoms with Gasteiger partial charge in [-0.2, -0.15) is 0 Å². The van der Waals surface area contributed by atoms with Crippen LogP contribution in [0, 0.1) is 5.92 Å². The van der Waals surface area contributed by atoms with Gasteiger partial charge in [0.15, 0.2) is 5.92 Å². The molecule has 1 rings (SSSR count). The molecule has 0 fully saturated rings. The number of rotatable bonds is 9. The molecule has 120 valence electrons. The molecule has 0 saturated heterocycles. The summed E-state index contributed by atoms with van der Waals surface area (Å²) in [6.45, 7) is 7.96. The molecule has 0 aromatic heterocycles. The Kier molecular flexibility index (Phi) is 7.97. The van der Waals surface area contributed by atoms with E-state index in [9.17, 15) is 9.59 Å². The smallest absolute Gasteiger partial charge is 0.320 e. The second-order valence-electron chi connectivity index (χ2n) is 5.01. The van der Waals surface area contributed by atoms with Crippen LogP contribution in [0.4, 0.5) is 0 Å². The first kappa shape index (κ1) is 18.0. The van der Waals surface area contributed by atoms with E-state index in [1.807, 2.05) is 30.3 Å². The fraction of sp³-hybridized carbons (Fsp3) is 0.444. The molecular formula is C18H24O4. The average Bonchev–Trinajstić information content (AvgIpc) is 2.49. The zero-order valence-corrected chi connectivity index (χ0v) is 13.3. The van der Waals surface area contributed by atoms with Crippen LogP contribution in [0.15, 0.2) is 42.5 Å². The van der Waals surface area contributed by atoms with Crippen LogP contribution in [-0.2, 0) is 25.5 Å². The monoisotopic (exact) mass is 304 g/mol. The molecule has 4 heteroatoms. The normalized spacial score (nSPS) is 10.3. The molecule has 0 unspecified atom stereocenters. The van der Waals surface area contributed by atoms with E-state index in [0.717, 1.165) is 17.6 Å². The van der Waals surface area contributed by atoms with E-state index in [0.29, 0.717) is 12.8 Å². The summed E-state index contributed by atoms with van der Waals surface area (Å²) in [5, 5.41) is 0. The van der Waals surface area contributed by atoms with Crippen LogP contribution in [0.25, 0.3) is 0 Å². The topological polar surface area (TPSA) is 52.6 Å². The Labute approximate surface area is 132 Å². The standard InChI is InChI=1S/C18H24O4/c1-4-21-17(19)16(18(20)22-5-2)12-11-14(3)13-15-9-7-6-8-10-15/h6-10,16H,3-5,11-13H2,1-2H3. The first-order chi connectivity index (χ1) is 10.6. The van der Waals surface area contributed by atoms with E-state index >= 15 is 0 Å². The SMILES string of the molecule is C=C(CCC(C(=O)OCC)C(=O)OCC)Cc1ccccc1. The van der Waals surface area contributed by atoms with Gasteiger partial charge >= 0.3 is 11.9 Å². The second-order valence-corrected chi connectivity index (χ2v) is 5.01. The minimum atomic E-state index is -0.868. The number of esters is 2. The summed E-state index contributed by atoms with van der Waals surface area (Å²) in [5.41, 5.74) is 2.14.